The second kappa shape index (κ2) is 8.48. The Labute approximate surface area is 164 Å². The average Bonchev–Trinajstić information content (AvgIpc) is 3.04. The van der Waals surface area contributed by atoms with Crippen molar-refractivity contribution in [1.82, 2.24) is 4.90 Å². The molecule has 0 aliphatic carbocycles. The third-order valence-corrected chi connectivity index (χ3v) is 4.82. The minimum atomic E-state index is -1.16. The Kier molecular flexibility index (Phi) is 6.04. The van der Waals surface area contributed by atoms with Crippen molar-refractivity contribution in [3.05, 3.63) is 70.2 Å². The molecular weight excluding hydrogens is 392 g/mol. The highest BCUT2D eigenvalue weighted by atomic mass is 35.5. The molecule has 0 saturated carbocycles. The van der Waals surface area contributed by atoms with Crippen molar-refractivity contribution in [1.29, 1.82) is 0 Å². The Morgan fingerprint density at radius 2 is 1.89 bits per heavy atom. The molecule has 2 aromatic rings. The summed E-state index contributed by atoms with van der Waals surface area (Å²) in [6.45, 7) is -0.183. The number of benzene rings is 2. The number of hydrogen-bond acceptors (Lipinski definition) is 4. The number of nitrogens with zero attached hydrogens (tertiary/aromatic N) is 1. The number of halogens is 3. The molecule has 1 saturated heterocycles. The van der Waals surface area contributed by atoms with Crippen molar-refractivity contribution < 1.29 is 27.9 Å². The van der Waals surface area contributed by atoms with Crippen molar-refractivity contribution in [3.8, 4) is 0 Å². The van der Waals surface area contributed by atoms with E-state index in [0.717, 1.165) is 23.8 Å². The predicted molar refractivity (Wildman–Crippen MR) is 96.6 cm³/mol. The standard InChI is InChI=1S/C20H16ClF2NO4/c21-15-4-2-1-3-13(15)9-24-10-14(8-19(24)26)20(27)28-11-18(25)12-5-6-16(22)17(23)7-12/h1-7,14H,8-11H2/t14-/m1/s1. The summed E-state index contributed by atoms with van der Waals surface area (Å²) in [6.07, 6.45) is -0.0251. The summed E-state index contributed by atoms with van der Waals surface area (Å²) >= 11 is 6.10. The quantitative estimate of drug-likeness (QED) is 0.544. The topological polar surface area (TPSA) is 63.7 Å². The molecule has 28 heavy (non-hydrogen) atoms. The molecule has 0 radical (unpaired) electrons. The molecule has 1 aliphatic heterocycles. The summed E-state index contributed by atoms with van der Waals surface area (Å²) in [4.78, 5) is 37.8. The lowest BCUT2D eigenvalue weighted by Gasteiger charge is -2.17. The first-order valence-corrected chi connectivity index (χ1v) is 8.89. The zero-order valence-electron chi connectivity index (χ0n) is 14.7. The summed E-state index contributed by atoms with van der Waals surface area (Å²) in [7, 11) is 0. The minimum absolute atomic E-state index is 0.0251. The monoisotopic (exact) mass is 407 g/mol. The number of likely N-dealkylation sites (tertiary alicyclic amines) is 1. The number of Topliss-reactive ketones (excluding diaryl/α,β-unsaturated/α-hetero) is 1. The zero-order valence-corrected chi connectivity index (χ0v) is 15.4. The normalized spacial score (nSPS) is 16.3. The van der Waals surface area contributed by atoms with Crippen LogP contribution in [0.2, 0.25) is 5.02 Å². The fraction of sp³-hybridized carbons (Fsp3) is 0.250. The van der Waals surface area contributed by atoms with E-state index >= 15 is 0 Å². The second-order valence-corrected chi connectivity index (χ2v) is 6.83. The van der Waals surface area contributed by atoms with Crippen molar-refractivity contribution in [2.75, 3.05) is 13.2 Å². The van der Waals surface area contributed by atoms with Crippen LogP contribution in [0.4, 0.5) is 8.78 Å². The number of esters is 1. The molecule has 3 rings (SSSR count). The van der Waals surface area contributed by atoms with Gasteiger partial charge in [0.1, 0.15) is 0 Å². The first-order chi connectivity index (χ1) is 13.3. The van der Waals surface area contributed by atoms with E-state index in [0.29, 0.717) is 5.02 Å². The van der Waals surface area contributed by atoms with E-state index < -0.39 is 35.9 Å². The second-order valence-electron chi connectivity index (χ2n) is 6.43. The Balaban J connectivity index is 1.55. The van der Waals surface area contributed by atoms with Gasteiger partial charge in [-0.15, -0.1) is 0 Å². The summed E-state index contributed by atoms with van der Waals surface area (Å²) in [6, 6.07) is 9.77. The van der Waals surface area contributed by atoms with Crippen LogP contribution in [0.25, 0.3) is 0 Å². The van der Waals surface area contributed by atoms with Crippen molar-refractivity contribution in [2.24, 2.45) is 5.92 Å². The van der Waals surface area contributed by atoms with Gasteiger partial charge in [0.25, 0.3) is 0 Å². The first-order valence-electron chi connectivity index (χ1n) is 8.51. The van der Waals surface area contributed by atoms with Gasteiger partial charge < -0.3 is 9.64 Å². The van der Waals surface area contributed by atoms with E-state index in [2.05, 4.69) is 0 Å². The fourth-order valence-electron chi connectivity index (χ4n) is 2.92. The minimum Gasteiger partial charge on any atom is -0.457 e. The Bertz CT molecular complexity index is 934. The molecule has 146 valence electrons. The van der Waals surface area contributed by atoms with Crippen molar-refractivity contribution in [3.63, 3.8) is 0 Å². The molecule has 1 aliphatic rings. The summed E-state index contributed by atoms with van der Waals surface area (Å²) in [5, 5.41) is 0.526. The van der Waals surface area contributed by atoms with Gasteiger partial charge in [-0.1, -0.05) is 29.8 Å². The van der Waals surface area contributed by atoms with Crippen molar-refractivity contribution in [2.45, 2.75) is 13.0 Å². The van der Waals surface area contributed by atoms with Crippen LogP contribution < -0.4 is 0 Å². The van der Waals surface area contributed by atoms with E-state index in [1.165, 1.54) is 4.90 Å². The predicted octanol–water partition coefficient (Wildman–Crippen LogP) is 3.39. The van der Waals surface area contributed by atoms with E-state index in [9.17, 15) is 23.2 Å². The summed E-state index contributed by atoms with van der Waals surface area (Å²) in [5.74, 6) is -4.50. The van der Waals surface area contributed by atoms with Gasteiger partial charge in [-0.05, 0) is 29.8 Å². The van der Waals surface area contributed by atoms with Gasteiger partial charge in [-0.25, -0.2) is 8.78 Å². The van der Waals surface area contributed by atoms with Gasteiger partial charge in [-0.2, -0.15) is 0 Å². The lowest BCUT2D eigenvalue weighted by atomic mass is 10.1. The maximum absolute atomic E-state index is 13.2. The Morgan fingerprint density at radius 1 is 1.14 bits per heavy atom. The van der Waals surface area contributed by atoms with Gasteiger partial charge in [0.05, 0.1) is 5.92 Å². The van der Waals surface area contributed by atoms with E-state index in [1.54, 1.807) is 24.3 Å². The number of amides is 1. The number of carbonyl (C=O) groups is 3. The fourth-order valence-corrected chi connectivity index (χ4v) is 3.12. The van der Waals surface area contributed by atoms with Gasteiger partial charge >= 0.3 is 5.97 Å². The number of ketones is 1. The van der Waals surface area contributed by atoms with Crippen LogP contribution in [0.1, 0.15) is 22.3 Å². The first kappa shape index (κ1) is 19.9. The smallest absolute Gasteiger partial charge is 0.311 e. The van der Waals surface area contributed by atoms with Gasteiger partial charge in [0.15, 0.2) is 24.0 Å². The average molecular weight is 408 g/mol. The molecule has 2 aromatic carbocycles. The van der Waals surface area contributed by atoms with E-state index in [1.807, 2.05) is 0 Å². The Hall–Kier alpha value is -2.80. The number of ether oxygens (including phenoxy) is 1. The van der Waals surface area contributed by atoms with Gasteiger partial charge in [-0.3, -0.25) is 14.4 Å². The molecule has 1 fully saturated rings. The van der Waals surface area contributed by atoms with Crippen LogP contribution in [-0.2, 0) is 20.9 Å². The molecular formula is C20H16ClF2NO4. The highest BCUT2D eigenvalue weighted by molar-refractivity contribution is 6.31. The lowest BCUT2D eigenvalue weighted by Crippen LogP contribution is -2.27. The molecule has 0 aromatic heterocycles. The molecule has 0 bridgehead atoms. The molecule has 8 heteroatoms. The van der Waals surface area contributed by atoms with E-state index in [-0.39, 0.29) is 31.0 Å². The molecule has 1 atom stereocenters. The van der Waals surface area contributed by atoms with Crippen LogP contribution in [0.5, 0.6) is 0 Å². The maximum Gasteiger partial charge on any atom is 0.311 e. The largest absolute Gasteiger partial charge is 0.457 e. The van der Waals surface area contributed by atoms with Crippen molar-refractivity contribution >= 4 is 29.3 Å². The lowest BCUT2D eigenvalue weighted by molar-refractivity contribution is -0.147. The molecule has 5 nitrogen and oxygen atoms in total. The third-order valence-electron chi connectivity index (χ3n) is 4.45. The van der Waals surface area contributed by atoms with Crippen LogP contribution in [0, 0.1) is 17.6 Å². The van der Waals surface area contributed by atoms with Crippen LogP contribution in [0.15, 0.2) is 42.5 Å². The molecule has 1 heterocycles. The Morgan fingerprint density at radius 3 is 2.61 bits per heavy atom. The molecule has 0 unspecified atom stereocenters. The van der Waals surface area contributed by atoms with Gasteiger partial charge in [0.2, 0.25) is 5.91 Å². The molecule has 0 spiro atoms. The molecule has 1 amide bonds. The van der Waals surface area contributed by atoms with Crippen LogP contribution in [0.3, 0.4) is 0 Å². The van der Waals surface area contributed by atoms with Crippen LogP contribution >= 0.6 is 11.6 Å². The number of hydrogen-bond donors (Lipinski definition) is 0. The van der Waals surface area contributed by atoms with Gasteiger partial charge in [0, 0.05) is 30.1 Å². The SMILES string of the molecule is O=C(COC(=O)[C@@H]1CC(=O)N(Cc2ccccc2Cl)C1)c1ccc(F)c(F)c1. The molecule has 0 N–H and O–H groups in total. The van der Waals surface area contributed by atoms with Crippen LogP contribution in [-0.4, -0.2) is 35.7 Å². The highest BCUT2D eigenvalue weighted by Gasteiger charge is 2.35. The number of carbonyl (C=O) groups excluding carboxylic acids is 3. The highest BCUT2D eigenvalue weighted by Crippen LogP contribution is 2.24. The van der Waals surface area contributed by atoms with E-state index in [4.69, 9.17) is 16.3 Å². The summed E-state index contributed by atoms with van der Waals surface area (Å²) in [5.41, 5.74) is 0.662. The zero-order chi connectivity index (χ0) is 20.3. The third kappa shape index (κ3) is 4.54. The number of rotatable bonds is 6. The summed E-state index contributed by atoms with van der Waals surface area (Å²) < 4.78 is 31.1. The maximum atomic E-state index is 13.2.